The summed E-state index contributed by atoms with van der Waals surface area (Å²) < 4.78 is 14.3. The van der Waals surface area contributed by atoms with E-state index in [1.807, 2.05) is 36.4 Å². The Bertz CT molecular complexity index is 841. The second-order valence-corrected chi connectivity index (χ2v) is 6.36. The molecule has 0 saturated carbocycles. The van der Waals surface area contributed by atoms with Crippen molar-refractivity contribution in [2.45, 2.75) is 17.9 Å². The van der Waals surface area contributed by atoms with E-state index in [1.165, 1.54) is 11.9 Å². The largest absolute Gasteiger partial charge is 0.479 e. The molecule has 0 aliphatic carbocycles. The Hall–Kier alpha value is -2.35. The number of aliphatic hydroxyl groups excluding tert-OH is 1. The third-order valence-electron chi connectivity index (χ3n) is 3.40. The lowest BCUT2D eigenvalue weighted by Crippen LogP contribution is -2.18. The molecule has 2 N–H and O–H groups in total. The van der Waals surface area contributed by atoms with Crippen LogP contribution in [0.15, 0.2) is 53.7 Å². The molecule has 130 valence electrons. The molecule has 2 aromatic heterocycles. The first-order valence-electron chi connectivity index (χ1n) is 7.81. The van der Waals surface area contributed by atoms with Crippen LogP contribution in [0, 0.1) is 0 Å². The average molecular weight is 357 g/mol. The van der Waals surface area contributed by atoms with Crippen LogP contribution in [-0.2, 0) is 0 Å². The molecule has 1 unspecified atom stereocenters. The van der Waals surface area contributed by atoms with Crippen molar-refractivity contribution in [1.29, 1.82) is 0 Å². The zero-order valence-corrected chi connectivity index (χ0v) is 14.8. The van der Waals surface area contributed by atoms with Gasteiger partial charge in [0.05, 0.1) is 18.6 Å². The number of nitrogens with one attached hydrogen (secondary N) is 1. The van der Waals surface area contributed by atoms with Gasteiger partial charge in [0.25, 0.3) is 0 Å². The predicted molar refractivity (Wildman–Crippen MR) is 98.1 cm³/mol. The molecular formula is C18H19N3O3S. The van der Waals surface area contributed by atoms with Crippen molar-refractivity contribution in [3.05, 3.63) is 48.8 Å². The maximum absolute atomic E-state index is 9.25. The zero-order valence-electron chi connectivity index (χ0n) is 14.0. The van der Waals surface area contributed by atoms with Crippen LogP contribution >= 0.6 is 11.9 Å². The lowest BCUT2D eigenvalue weighted by atomic mass is 10.2. The van der Waals surface area contributed by atoms with Gasteiger partial charge in [0.2, 0.25) is 5.88 Å². The number of ether oxygens (including phenoxy) is 2. The molecule has 0 radical (unpaired) electrons. The highest BCUT2D eigenvalue weighted by molar-refractivity contribution is 7.97. The second-order valence-electron chi connectivity index (χ2n) is 5.40. The fourth-order valence-electron chi connectivity index (χ4n) is 2.21. The first-order valence-corrected chi connectivity index (χ1v) is 8.62. The van der Waals surface area contributed by atoms with Crippen molar-refractivity contribution in [1.82, 2.24) is 14.7 Å². The van der Waals surface area contributed by atoms with Crippen LogP contribution in [0.2, 0.25) is 0 Å². The molecule has 0 aliphatic heterocycles. The minimum absolute atomic E-state index is 0.374. The van der Waals surface area contributed by atoms with Crippen LogP contribution in [0.3, 0.4) is 0 Å². The summed E-state index contributed by atoms with van der Waals surface area (Å²) >= 11 is 1.47. The van der Waals surface area contributed by atoms with Gasteiger partial charge in [-0.15, -0.1) is 0 Å². The average Bonchev–Trinajstić information content (AvgIpc) is 2.62. The standard InChI is InChI=1S/C18H19N3O3S/c1-12(22)11-21-25-14-5-3-13(4-6-14)24-16-8-10-19-17-15(16)7-9-20-18(17)23-2/h3-10,12,21-22H,11H2,1-2H3. The predicted octanol–water partition coefficient (Wildman–Crippen LogP) is 3.41. The number of methoxy groups -OCH3 is 1. The molecule has 0 spiro atoms. The van der Waals surface area contributed by atoms with Crippen molar-refractivity contribution in [2.24, 2.45) is 0 Å². The number of fused-ring (bicyclic) bond motifs is 1. The highest BCUT2D eigenvalue weighted by Gasteiger charge is 2.09. The minimum Gasteiger partial charge on any atom is -0.479 e. The fraction of sp³-hybridized carbons (Fsp3) is 0.222. The number of nitrogens with zero attached hydrogens (tertiary/aromatic N) is 2. The molecule has 7 heteroatoms. The highest BCUT2D eigenvalue weighted by Crippen LogP contribution is 2.32. The van der Waals surface area contributed by atoms with Gasteiger partial charge in [-0.05, 0) is 55.3 Å². The Morgan fingerprint density at radius 3 is 2.60 bits per heavy atom. The van der Waals surface area contributed by atoms with Gasteiger partial charge in [0.1, 0.15) is 17.0 Å². The van der Waals surface area contributed by atoms with E-state index in [9.17, 15) is 5.11 Å². The Kier molecular flexibility index (Phi) is 5.70. The summed E-state index contributed by atoms with van der Waals surface area (Å²) in [5.41, 5.74) is 0.664. The van der Waals surface area contributed by atoms with Crippen LogP contribution < -0.4 is 14.2 Å². The van der Waals surface area contributed by atoms with E-state index in [4.69, 9.17) is 9.47 Å². The lowest BCUT2D eigenvalue weighted by Gasteiger charge is -2.10. The number of pyridine rings is 2. The van der Waals surface area contributed by atoms with Crippen LogP contribution in [0.4, 0.5) is 0 Å². The van der Waals surface area contributed by atoms with Gasteiger partial charge in [0.15, 0.2) is 0 Å². The first kappa shape index (κ1) is 17.5. The van der Waals surface area contributed by atoms with Crippen molar-refractivity contribution in [3.63, 3.8) is 0 Å². The zero-order chi connectivity index (χ0) is 17.6. The molecule has 1 atom stereocenters. The van der Waals surface area contributed by atoms with Gasteiger partial charge in [0, 0.05) is 23.8 Å². The van der Waals surface area contributed by atoms with Crippen molar-refractivity contribution < 1.29 is 14.6 Å². The first-order chi connectivity index (χ1) is 12.2. The van der Waals surface area contributed by atoms with Gasteiger partial charge < -0.3 is 14.6 Å². The van der Waals surface area contributed by atoms with E-state index in [0.29, 0.717) is 23.7 Å². The van der Waals surface area contributed by atoms with E-state index in [-0.39, 0.29) is 6.10 Å². The summed E-state index contributed by atoms with van der Waals surface area (Å²) in [6.45, 7) is 2.27. The summed E-state index contributed by atoms with van der Waals surface area (Å²) in [5.74, 6) is 1.89. The molecule has 0 fully saturated rings. The van der Waals surface area contributed by atoms with Crippen LogP contribution in [0.25, 0.3) is 10.9 Å². The molecular weight excluding hydrogens is 338 g/mol. The third kappa shape index (κ3) is 4.39. The Labute approximate surface area is 150 Å². The molecule has 3 rings (SSSR count). The van der Waals surface area contributed by atoms with E-state index in [2.05, 4.69) is 14.7 Å². The van der Waals surface area contributed by atoms with Gasteiger partial charge >= 0.3 is 0 Å². The van der Waals surface area contributed by atoms with E-state index >= 15 is 0 Å². The molecule has 6 nitrogen and oxygen atoms in total. The maximum atomic E-state index is 9.25. The van der Waals surface area contributed by atoms with Crippen LogP contribution in [-0.4, -0.2) is 34.8 Å². The SMILES string of the molecule is COc1nccc2c(Oc3ccc(SNCC(C)O)cc3)ccnc12. The second kappa shape index (κ2) is 8.15. The lowest BCUT2D eigenvalue weighted by molar-refractivity contribution is 0.200. The summed E-state index contributed by atoms with van der Waals surface area (Å²) in [7, 11) is 1.57. The number of rotatable bonds is 7. The van der Waals surface area contributed by atoms with Crippen LogP contribution in [0.5, 0.6) is 17.4 Å². The van der Waals surface area contributed by atoms with Gasteiger partial charge in [-0.3, -0.25) is 9.71 Å². The summed E-state index contributed by atoms with van der Waals surface area (Å²) in [5, 5.41) is 10.1. The molecule has 0 amide bonds. The third-order valence-corrected chi connectivity index (χ3v) is 4.22. The van der Waals surface area contributed by atoms with E-state index < -0.39 is 0 Å². The van der Waals surface area contributed by atoms with Crippen molar-refractivity contribution in [2.75, 3.05) is 13.7 Å². The summed E-state index contributed by atoms with van der Waals surface area (Å²) in [6, 6.07) is 11.4. The molecule has 0 saturated heterocycles. The Balaban J connectivity index is 1.75. The number of hydrogen-bond donors (Lipinski definition) is 2. The van der Waals surface area contributed by atoms with E-state index in [1.54, 1.807) is 26.4 Å². The van der Waals surface area contributed by atoms with Gasteiger partial charge in [-0.1, -0.05) is 0 Å². The highest BCUT2D eigenvalue weighted by atomic mass is 32.2. The molecule has 0 aliphatic rings. The van der Waals surface area contributed by atoms with Gasteiger partial charge in [-0.25, -0.2) is 4.98 Å². The molecule has 3 aromatic rings. The number of benzene rings is 1. The molecule has 2 heterocycles. The normalized spacial score (nSPS) is 12.1. The minimum atomic E-state index is -0.374. The van der Waals surface area contributed by atoms with Gasteiger partial charge in [-0.2, -0.15) is 0 Å². The maximum Gasteiger partial charge on any atom is 0.240 e. The Morgan fingerprint density at radius 2 is 1.88 bits per heavy atom. The number of aliphatic hydroxyl groups is 1. The summed E-state index contributed by atoms with van der Waals surface area (Å²) in [4.78, 5) is 9.52. The Morgan fingerprint density at radius 1 is 1.12 bits per heavy atom. The van der Waals surface area contributed by atoms with Crippen LogP contribution in [0.1, 0.15) is 6.92 Å². The quantitative estimate of drug-likeness (QED) is 0.628. The monoisotopic (exact) mass is 357 g/mol. The number of hydrogen-bond acceptors (Lipinski definition) is 7. The number of aromatic nitrogens is 2. The van der Waals surface area contributed by atoms with E-state index in [0.717, 1.165) is 16.0 Å². The van der Waals surface area contributed by atoms with Crippen molar-refractivity contribution in [3.8, 4) is 17.4 Å². The fourth-order valence-corrected chi connectivity index (χ4v) is 2.98. The molecule has 1 aromatic carbocycles. The molecule has 0 bridgehead atoms. The smallest absolute Gasteiger partial charge is 0.240 e. The summed E-state index contributed by atoms with van der Waals surface area (Å²) in [6.07, 6.45) is 2.97. The van der Waals surface area contributed by atoms with Crippen molar-refractivity contribution >= 4 is 22.9 Å². The topological polar surface area (TPSA) is 76.5 Å². The molecule has 25 heavy (non-hydrogen) atoms.